The van der Waals surface area contributed by atoms with Crippen LogP contribution in [0.15, 0.2) is 24.3 Å². The third-order valence-corrected chi connectivity index (χ3v) is 3.78. The molecule has 126 valence electrons. The van der Waals surface area contributed by atoms with Gasteiger partial charge in [0, 0.05) is 19.2 Å². The zero-order valence-corrected chi connectivity index (χ0v) is 13.5. The number of rotatable bonds is 2. The Balaban J connectivity index is 2.12. The Bertz CT molecular complexity index is 626. The third kappa shape index (κ3) is 4.72. The third-order valence-electron chi connectivity index (χ3n) is 3.45. The van der Waals surface area contributed by atoms with Crippen molar-refractivity contribution in [1.82, 2.24) is 4.90 Å². The molecule has 2 rings (SSSR count). The first-order valence-corrected chi connectivity index (χ1v) is 7.44. The van der Waals surface area contributed by atoms with E-state index in [9.17, 15) is 18.0 Å². The van der Waals surface area contributed by atoms with Crippen molar-refractivity contribution in [3.8, 4) is 0 Å². The van der Waals surface area contributed by atoms with Crippen LogP contribution in [0.5, 0.6) is 0 Å². The van der Waals surface area contributed by atoms with Crippen molar-refractivity contribution in [2.45, 2.75) is 25.6 Å². The number of halogens is 4. The molecule has 0 aliphatic carbocycles. The second kappa shape index (κ2) is 6.53. The molecule has 0 saturated carbocycles. The minimum absolute atomic E-state index is 0.259. The minimum atomic E-state index is -4.53. The molecule has 1 aromatic carbocycles. The van der Waals surface area contributed by atoms with Gasteiger partial charge in [-0.2, -0.15) is 13.2 Å². The maximum Gasteiger partial charge on any atom is 0.417 e. The van der Waals surface area contributed by atoms with Crippen LogP contribution in [-0.2, 0) is 15.7 Å². The van der Waals surface area contributed by atoms with Crippen LogP contribution in [0.25, 0.3) is 6.08 Å². The number of amides is 1. The lowest BCUT2D eigenvalue weighted by Crippen LogP contribution is -2.50. The van der Waals surface area contributed by atoms with Gasteiger partial charge in [0.2, 0.25) is 5.91 Å². The minimum Gasteiger partial charge on any atom is -0.372 e. The van der Waals surface area contributed by atoms with Crippen LogP contribution in [0.3, 0.4) is 0 Å². The second-order valence-corrected chi connectivity index (χ2v) is 6.35. The van der Waals surface area contributed by atoms with Crippen LogP contribution in [0.2, 0.25) is 5.02 Å². The molecule has 1 heterocycles. The number of hydrogen-bond acceptors (Lipinski definition) is 2. The fourth-order valence-electron chi connectivity index (χ4n) is 2.34. The quantitative estimate of drug-likeness (QED) is 0.756. The summed E-state index contributed by atoms with van der Waals surface area (Å²) >= 11 is 5.56. The van der Waals surface area contributed by atoms with Crippen LogP contribution in [-0.4, -0.2) is 36.1 Å². The van der Waals surface area contributed by atoms with E-state index in [1.54, 1.807) is 4.90 Å². The normalized spacial score (nSPS) is 18.4. The van der Waals surface area contributed by atoms with Gasteiger partial charge < -0.3 is 9.64 Å². The zero-order valence-electron chi connectivity index (χ0n) is 12.8. The molecule has 1 saturated heterocycles. The first-order chi connectivity index (χ1) is 10.6. The van der Waals surface area contributed by atoms with Gasteiger partial charge in [0.1, 0.15) is 0 Å². The topological polar surface area (TPSA) is 29.5 Å². The van der Waals surface area contributed by atoms with Crippen LogP contribution in [0.1, 0.15) is 25.0 Å². The molecular formula is C16H17ClF3NO2. The van der Waals surface area contributed by atoms with E-state index in [0.29, 0.717) is 19.7 Å². The predicted octanol–water partition coefficient (Wildman–Crippen LogP) is 4.01. The molecule has 0 unspecified atom stereocenters. The summed E-state index contributed by atoms with van der Waals surface area (Å²) in [5, 5.41) is -0.365. The van der Waals surface area contributed by atoms with Crippen LogP contribution >= 0.6 is 11.6 Å². The van der Waals surface area contributed by atoms with Crippen molar-refractivity contribution < 1.29 is 22.7 Å². The molecule has 1 aliphatic heterocycles. The molecule has 23 heavy (non-hydrogen) atoms. The fourth-order valence-corrected chi connectivity index (χ4v) is 2.57. The van der Waals surface area contributed by atoms with E-state index >= 15 is 0 Å². The Labute approximate surface area is 137 Å². The summed E-state index contributed by atoms with van der Waals surface area (Å²) in [5.41, 5.74) is -1.07. The highest BCUT2D eigenvalue weighted by Gasteiger charge is 2.33. The van der Waals surface area contributed by atoms with Crippen molar-refractivity contribution in [3.63, 3.8) is 0 Å². The van der Waals surface area contributed by atoms with E-state index in [1.807, 2.05) is 13.8 Å². The van der Waals surface area contributed by atoms with Gasteiger partial charge in [-0.3, -0.25) is 4.79 Å². The Hall–Kier alpha value is -1.53. The summed E-state index contributed by atoms with van der Waals surface area (Å²) < 4.78 is 43.9. The molecule has 1 aromatic rings. The Kier molecular flexibility index (Phi) is 5.06. The van der Waals surface area contributed by atoms with Crippen molar-refractivity contribution >= 4 is 23.6 Å². The molecule has 3 nitrogen and oxygen atoms in total. The van der Waals surface area contributed by atoms with Gasteiger partial charge in [-0.25, -0.2) is 0 Å². The van der Waals surface area contributed by atoms with Gasteiger partial charge in [0.05, 0.1) is 22.8 Å². The van der Waals surface area contributed by atoms with Gasteiger partial charge >= 0.3 is 6.18 Å². The van der Waals surface area contributed by atoms with Gasteiger partial charge in [0.25, 0.3) is 0 Å². The van der Waals surface area contributed by atoms with E-state index < -0.39 is 17.3 Å². The molecular weight excluding hydrogens is 331 g/mol. The van der Waals surface area contributed by atoms with Crippen molar-refractivity contribution in [1.29, 1.82) is 0 Å². The summed E-state index contributed by atoms with van der Waals surface area (Å²) in [6, 6.07) is 3.53. The number of carbonyl (C=O) groups excluding carboxylic acids is 1. The molecule has 1 fully saturated rings. The van der Waals surface area contributed by atoms with E-state index in [4.69, 9.17) is 16.3 Å². The molecule has 0 N–H and O–H groups in total. The van der Waals surface area contributed by atoms with Crippen LogP contribution in [0, 0.1) is 0 Å². The largest absolute Gasteiger partial charge is 0.417 e. The molecule has 1 amide bonds. The molecule has 0 radical (unpaired) electrons. The van der Waals surface area contributed by atoms with Crippen molar-refractivity contribution in [2.75, 3.05) is 19.7 Å². The van der Waals surface area contributed by atoms with E-state index in [0.717, 1.165) is 6.07 Å². The zero-order chi connectivity index (χ0) is 17.3. The lowest BCUT2D eigenvalue weighted by molar-refractivity contribution is -0.140. The van der Waals surface area contributed by atoms with Crippen molar-refractivity contribution in [2.24, 2.45) is 0 Å². The molecule has 0 spiro atoms. The fraction of sp³-hybridized carbons (Fsp3) is 0.438. The molecule has 0 aromatic heterocycles. The van der Waals surface area contributed by atoms with Gasteiger partial charge in [-0.05, 0) is 37.6 Å². The number of alkyl halides is 3. The number of carbonyl (C=O) groups is 1. The average molecular weight is 348 g/mol. The Morgan fingerprint density at radius 1 is 1.39 bits per heavy atom. The first kappa shape index (κ1) is 17.8. The lowest BCUT2D eigenvalue weighted by Gasteiger charge is -2.37. The van der Waals surface area contributed by atoms with Gasteiger partial charge in [-0.1, -0.05) is 17.7 Å². The van der Waals surface area contributed by atoms with E-state index in [-0.39, 0.29) is 16.5 Å². The number of ether oxygens (including phenoxy) is 1. The predicted molar refractivity (Wildman–Crippen MR) is 82.1 cm³/mol. The maximum absolute atomic E-state index is 12.8. The van der Waals surface area contributed by atoms with Gasteiger partial charge in [0.15, 0.2) is 0 Å². The van der Waals surface area contributed by atoms with Gasteiger partial charge in [-0.15, -0.1) is 0 Å². The molecule has 1 aliphatic rings. The highest BCUT2D eigenvalue weighted by Crippen LogP contribution is 2.35. The number of hydrogen-bond donors (Lipinski definition) is 0. The smallest absolute Gasteiger partial charge is 0.372 e. The maximum atomic E-state index is 12.8. The summed E-state index contributed by atoms with van der Waals surface area (Å²) in [7, 11) is 0. The molecule has 0 bridgehead atoms. The van der Waals surface area contributed by atoms with E-state index in [1.165, 1.54) is 24.3 Å². The SMILES string of the molecule is CC1(C)CN(C(=O)/C=C\c2ccc(Cl)c(C(F)(F)F)c2)CCO1. The monoisotopic (exact) mass is 347 g/mol. The number of nitrogens with zero attached hydrogens (tertiary/aromatic N) is 1. The van der Waals surface area contributed by atoms with Crippen LogP contribution < -0.4 is 0 Å². The highest BCUT2D eigenvalue weighted by atomic mass is 35.5. The highest BCUT2D eigenvalue weighted by molar-refractivity contribution is 6.31. The summed E-state index contributed by atoms with van der Waals surface area (Å²) in [5.74, 6) is -0.259. The Morgan fingerprint density at radius 2 is 2.09 bits per heavy atom. The second-order valence-electron chi connectivity index (χ2n) is 5.94. The standard InChI is InChI=1S/C16H17ClF3NO2/c1-15(2)10-21(7-8-23-15)14(22)6-4-11-3-5-13(17)12(9-11)16(18,19)20/h3-6,9H,7-8,10H2,1-2H3/b6-4-. The molecule has 0 atom stereocenters. The number of morpholine rings is 1. The first-order valence-electron chi connectivity index (χ1n) is 7.06. The van der Waals surface area contributed by atoms with E-state index in [2.05, 4.69) is 0 Å². The van der Waals surface area contributed by atoms with Crippen molar-refractivity contribution in [3.05, 3.63) is 40.4 Å². The summed E-state index contributed by atoms with van der Waals surface area (Å²) in [4.78, 5) is 13.8. The lowest BCUT2D eigenvalue weighted by atomic mass is 10.1. The van der Waals surface area contributed by atoms with Crippen LogP contribution in [0.4, 0.5) is 13.2 Å². The summed E-state index contributed by atoms with van der Waals surface area (Å²) in [6.07, 6.45) is -1.90. The Morgan fingerprint density at radius 3 is 2.70 bits per heavy atom. The number of benzene rings is 1. The summed E-state index contributed by atoms with van der Waals surface area (Å²) in [6.45, 7) is 5.09. The molecule has 7 heteroatoms. The average Bonchev–Trinajstić information content (AvgIpc) is 2.43.